The molecular formula is C15H28N2O. The van der Waals surface area contributed by atoms with Gasteiger partial charge in [0.2, 0.25) is 5.91 Å². The minimum atomic E-state index is 0.0690. The number of allylic oxidation sites excluding steroid dienone is 1. The fourth-order valence-corrected chi connectivity index (χ4v) is 2.47. The predicted octanol–water partition coefficient (Wildman–Crippen LogP) is 2.77. The first kappa shape index (κ1) is 15.2. The fourth-order valence-electron chi connectivity index (χ4n) is 2.47. The summed E-state index contributed by atoms with van der Waals surface area (Å²) >= 11 is 0. The van der Waals surface area contributed by atoms with Gasteiger partial charge in [0.1, 0.15) is 0 Å². The second-order valence-electron chi connectivity index (χ2n) is 5.19. The number of carbonyl (C=O) groups excluding carboxylic acids is 1. The van der Waals surface area contributed by atoms with Crippen molar-refractivity contribution in [3.8, 4) is 0 Å². The third-order valence-electron chi connectivity index (χ3n) is 3.57. The van der Waals surface area contributed by atoms with Crippen molar-refractivity contribution >= 4 is 5.91 Å². The Labute approximate surface area is 111 Å². The molecule has 0 saturated heterocycles. The van der Waals surface area contributed by atoms with Gasteiger partial charge in [-0.05, 0) is 26.2 Å². The van der Waals surface area contributed by atoms with E-state index >= 15 is 0 Å². The highest BCUT2D eigenvalue weighted by atomic mass is 16.1. The molecule has 1 rings (SSSR count). The molecule has 0 heterocycles. The normalized spacial score (nSPS) is 18.4. The van der Waals surface area contributed by atoms with Crippen LogP contribution in [0.2, 0.25) is 0 Å². The lowest BCUT2D eigenvalue weighted by atomic mass is 10.1. The molecular weight excluding hydrogens is 224 g/mol. The van der Waals surface area contributed by atoms with Crippen LogP contribution >= 0.6 is 0 Å². The summed E-state index contributed by atoms with van der Waals surface area (Å²) in [5.74, 6) is 0.0690. The first-order valence-electron chi connectivity index (χ1n) is 7.42. The topological polar surface area (TPSA) is 41.1 Å². The van der Waals surface area contributed by atoms with Gasteiger partial charge in [-0.1, -0.05) is 38.7 Å². The van der Waals surface area contributed by atoms with E-state index in [2.05, 4.69) is 10.6 Å². The van der Waals surface area contributed by atoms with Crippen LogP contribution in [0.4, 0.5) is 0 Å². The fraction of sp³-hybridized carbons (Fsp3) is 0.800. The molecule has 0 atom stereocenters. The molecule has 0 radical (unpaired) electrons. The summed E-state index contributed by atoms with van der Waals surface area (Å²) in [5.41, 5.74) is 0.826. The first-order valence-corrected chi connectivity index (χ1v) is 7.42. The number of hydrogen-bond donors (Lipinski definition) is 2. The van der Waals surface area contributed by atoms with Gasteiger partial charge in [0.25, 0.3) is 0 Å². The van der Waals surface area contributed by atoms with Gasteiger partial charge in [-0.15, -0.1) is 0 Å². The maximum absolute atomic E-state index is 11.6. The van der Waals surface area contributed by atoms with E-state index in [0.717, 1.165) is 25.1 Å². The quantitative estimate of drug-likeness (QED) is 0.433. The molecule has 0 aromatic heterocycles. The van der Waals surface area contributed by atoms with Gasteiger partial charge < -0.3 is 10.6 Å². The largest absolute Gasteiger partial charge is 0.351 e. The molecule has 0 bridgehead atoms. The Morgan fingerprint density at radius 1 is 1.17 bits per heavy atom. The lowest BCUT2D eigenvalue weighted by Gasteiger charge is -2.16. The van der Waals surface area contributed by atoms with E-state index in [-0.39, 0.29) is 5.91 Å². The van der Waals surface area contributed by atoms with Crippen molar-refractivity contribution in [1.29, 1.82) is 0 Å². The standard InChI is InChI=1S/C15H28N2O/c1-3-8-13(2)15(18)17-12-11-16-14-9-6-4-5-7-10-14/h8,14,16H,3-7,9-12H2,1-2H3,(H,17,18)/b13-8-. The van der Waals surface area contributed by atoms with Crippen LogP contribution in [-0.2, 0) is 4.79 Å². The molecule has 1 saturated carbocycles. The molecule has 18 heavy (non-hydrogen) atoms. The number of nitrogens with one attached hydrogen (secondary N) is 2. The highest BCUT2D eigenvalue weighted by Gasteiger charge is 2.11. The van der Waals surface area contributed by atoms with Gasteiger partial charge in [-0.3, -0.25) is 4.79 Å². The van der Waals surface area contributed by atoms with E-state index in [9.17, 15) is 4.79 Å². The second-order valence-corrected chi connectivity index (χ2v) is 5.19. The summed E-state index contributed by atoms with van der Waals surface area (Å²) in [6.07, 6.45) is 10.9. The van der Waals surface area contributed by atoms with Crippen LogP contribution in [0.5, 0.6) is 0 Å². The van der Waals surface area contributed by atoms with Crippen molar-refractivity contribution in [1.82, 2.24) is 10.6 Å². The molecule has 1 aliphatic carbocycles. The van der Waals surface area contributed by atoms with E-state index in [1.807, 2.05) is 19.9 Å². The predicted molar refractivity (Wildman–Crippen MR) is 76.6 cm³/mol. The number of hydrogen-bond acceptors (Lipinski definition) is 2. The number of amides is 1. The van der Waals surface area contributed by atoms with Gasteiger partial charge in [-0.25, -0.2) is 0 Å². The van der Waals surface area contributed by atoms with Gasteiger partial charge in [0.05, 0.1) is 0 Å². The van der Waals surface area contributed by atoms with Gasteiger partial charge >= 0.3 is 0 Å². The Hall–Kier alpha value is -0.830. The molecule has 1 fully saturated rings. The average Bonchev–Trinajstić information content (AvgIpc) is 2.63. The molecule has 3 heteroatoms. The van der Waals surface area contributed by atoms with Crippen LogP contribution < -0.4 is 10.6 Å². The zero-order chi connectivity index (χ0) is 13.2. The SMILES string of the molecule is CC/C=C(/C)C(=O)NCCNC1CCCCCC1. The molecule has 0 aromatic rings. The van der Waals surface area contributed by atoms with Crippen LogP contribution in [0.1, 0.15) is 58.8 Å². The molecule has 1 amide bonds. The van der Waals surface area contributed by atoms with Crippen LogP contribution in [-0.4, -0.2) is 25.0 Å². The van der Waals surface area contributed by atoms with Crippen molar-refractivity contribution in [3.63, 3.8) is 0 Å². The van der Waals surface area contributed by atoms with Crippen LogP contribution in [0, 0.1) is 0 Å². The molecule has 1 aliphatic rings. The smallest absolute Gasteiger partial charge is 0.246 e. The van der Waals surface area contributed by atoms with Gasteiger partial charge in [0.15, 0.2) is 0 Å². The summed E-state index contributed by atoms with van der Waals surface area (Å²) < 4.78 is 0. The Morgan fingerprint density at radius 2 is 1.83 bits per heavy atom. The molecule has 0 spiro atoms. The summed E-state index contributed by atoms with van der Waals surface area (Å²) in [7, 11) is 0. The van der Waals surface area contributed by atoms with E-state index < -0.39 is 0 Å². The van der Waals surface area contributed by atoms with E-state index in [1.165, 1.54) is 38.5 Å². The van der Waals surface area contributed by atoms with Crippen molar-refractivity contribution in [2.45, 2.75) is 64.8 Å². The van der Waals surface area contributed by atoms with Gasteiger partial charge in [0, 0.05) is 24.7 Å². The van der Waals surface area contributed by atoms with Crippen molar-refractivity contribution in [2.24, 2.45) is 0 Å². The van der Waals surface area contributed by atoms with Crippen molar-refractivity contribution in [3.05, 3.63) is 11.6 Å². The number of carbonyl (C=O) groups is 1. The highest BCUT2D eigenvalue weighted by Crippen LogP contribution is 2.16. The maximum Gasteiger partial charge on any atom is 0.246 e. The molecule has 0 aromatic carbocycles. The average molecular weight is 252 g/mol. The summed E-state index contributed by atoms with van der Waals surface area (Å²) in [6, 6.07) is 0.664. The van der Waals surface area contributed by atoms with Crippen LogP contribution in [0.25, 0.3) is 0 Å². The zero-order valence-electron chi connectivity index (χ0n) is 11.9. The van der Waals surface area contributed by atoms with Crippen LogP contribution in [0.3, 0.4) is 0 Å². The minimum absolute atomic E-state index is 0.0690. The minimum Gasteiger partial charge on any atom is -0.351 e. The Kier molecular flexibility index (Phi) is 7.74. The van der Waals surface area contributed by atoms with E-state index in [4.69, 9.17) is 0 Å². The Bertz CT molecular complexity index is 266. The first-order chi connectivity index (χ1) is 8.74. The summed E-state index contributed by atoms with van der Waals surface area (Å²) in [4.78, 5) is 11.6. The van der Waals surface area contributed by atoms with E-state index in [1.54, 1.807) is 0 Å². The lowest BCUT2D eigenvalue weighted by molar-refractivity contribution is -0.117. The van der Waals surface area contributed by atoms with Crippen molar-refractivity contribution < 1.29 is 4.79 Å². The van der Waals surface area contributed by atoms with E-state index in [0.29, 0.717) is 6.04 Å². The molecule has 0 unspecified atom stereocenters. The van der Waals surface area contributed by atoms with Gasteiger partial charge in [-0.2, -0.15) is 0 Å². The Balaban J connectivity index is 2.10. The van der Waals surface area contributed by atoms with Crippen LogP contribution in [0.15, 0.2) is 11.6 Å². The third-order valence-corrected chi connectivity index (χ3v) is 3.57. The highest BCUT2D eigenvalue weighted by molar-refractivity contribution is 5.92. The lowest BCUT2D eigenvalue weighted by Crippen LogP contribution is -2.37. The Morgan fingerprint density at radius 3 is 2.44 bits per heavy atom. The monoisotopic (exact) mass is 252 g/mol. The molecule has 0 aliphatic heterocycles. The molecule has 3 nitrogen and oxygen atoms in total. The molecule has 2 N–H and O–H groups in total. The second kappa shape index (κ2) is 9.15. The third kappa shape index (κ3) is 6.20. The summed E-state index contributed by atoms with van der Waals surface area (Å²) in [5, 5.41) is 6.51. The van der Waals surface area contributed by atoms with Crippen molar-refractivity contribution in [2.75, 3.05) is 13.1 Å². The summed E-state index contributed by atoms with van der Waals surface area (Å²) in [6.45, 7) is 5.53. The number of rotatable bonds is 6. The molecule has 104 valence electrons. The zero-order valence-corrected chi connectivity index (χ0v) is 11.9. The maximum atomic E-state index is 11.6.